The number of fused-ring (bicyclic) bond motifs is 1. The number of carbonyl (C=O) groups excluding carboxylic acids is 1. The normalized spacial score (nSPS) is 10.9. The zero-order chi connectivity index (χ0) is 22.8. The summed E-state index contributed by atoms with van der Waals surface area (Å²) in [6.07, 6.45) is 1.57. The molecule has 7 nitrogen and oxygen atoms in total. The van der Waals surface area contributed by atoms with Gasteiger partial charge in [-0.25, -0.2) is 4.98 Å². The van der Waals surface area contributed by atoms with Gasteiger partial charge in [-0.1, -0.05) is 29.0 Å². The molecule has 0 N–H and O–H groups in total. The summed E-state index contributed by atoms with van der Waals surface area (Å²) in [5, 5.41) is 1.10. The van der Waals surface area contributed by atoms with Gasteiger partial charge in [-0.2, -0.15) is 0 Å². The average Bonchev–Trinajstić information content (AvgIpc) is 3.49. The van der Waals surface area contributed by atoms with Crippen molar-refractivity contribution in [2.45, 2.75) is 13.5 Å². The minimum absolute atomic E-state index is 0.193. The van der Waals surface area contributed by atoms with Crippen LogP contribution in [-0.2, 0) is 6.54 Å². The molecule has 0 spiro atoms. The Morgan fingerprint density at radius 3 is 2.41 bits per heavy atom. The van der Waals surface area contributed by atoms with Gasteiger partial charge in [0.1, 0.15) is 5.76 Å². The second-order valence-corrected chi connectivity index (χ2v) is 8.31. The maximum atomic E-state index is 13.7. The molecule has 32 heavy (non-hydrogen) atoms. The fraction of sp³-hybridized carbons (Fsp3) is 0.217. The highest BCUT2D eigenvalue weighted by Crippen LogP contribution is 2.40. The molecule has 4 rings (SSSR count). The highest BCUT2D eigenvalue weighted by molar-refractivity contribution is 7.23. The van der Waals surface area contributed by atoms with Gasteiger partial charge in [0.25, 0.3) is 5.91 Å². The predicted octanol–water partition coefficient (Wildman–Crippen LogP) is 5.72. The van der Waals surface area contributed by atoms with Gasteiger partial charge in [-0.05, 0) is 42.8 Å². The molecule has 166 valence electrons. The number of carbonyl (C=O) groups is 1. The number of anilines is 1. The number of aromatic nitrogens is 1. The van der Waals surface area contributed by atoms with E-state index in [0.29, 0.717) is 38.7 Å². The Balaban J connectivity index is 1.84. The van der Waals surface area contributed by atoms with Crippen LogP contribution in [-0.4, -0.2) is 32.2 Å². The van der Waals surface area contributed by atoms with E-state index in [1.54, 1.807) is 35.4 Å². The van der Waals surface area contributed by atoms with Crippen molar-refractivity contribution in [2.24, 2.45) is 0 Å². The number of hydrogen-bond acceptors (Lipinski definition) is 7. The Labute approximate surface area is 194 Å². The summed E-state index contributed by atoms with van der Waals surface area (Å²) >= 11 is 7.75. The number of halogens is 1. The van der Waals surface area contributed by atoms with E-state index in [1.165, 1.54) is 32.7 Å². The number of aryl methyl sites for hydroxylation is 1. The molecule has 0 saturated carbocycles. The number of benzene rings is 2. The fourth-order valence-corrected chi connectivity index (χ4v) is 4.67. The summed E-state index contributed by atoms with van der Waals surface area (Å²) in [7, 11) is 4.52. The van der Waals surface area contributed by atoms with Gasteiger partial charge in [0.2, 0.25) is 5.75 Å². The summed E-state index contributed by atoms with van der Waals surface area (Å²) in [6, 6.07) is 10.6. The molecule has 0 unspecified atom stereocenters. The lowest BCUT2D eigenvalue weighted by Crippen LogP contribution is -2.30. The van der Waals surface area contributed by atoms with E-state index in [0.717, 1.165) is 15.8 Å². The maximum absolute atomic E-state index is 13.7. The van der Waals surface area contributed by atoms with Crippen LogP contribution in [0.1, 0.15) is 21.7 Å². The predicted molar refractivity (Wildman–Crippen MR) is 125 cm³/mol. The first-order chi connectivity index (χ1) is 15.5. The lowest BCUT2D eigenvalue weighted by Gasteiger charge is -2.20. The average molecular weight is 473 g/mol. The topological polar surface area (TPSA) is 74.0 Å². The Morgan fingerprint density at radius 1 is 1.12 bits per heavy atom. The number of rotatable bonds is 7. The van der Waals surface area contributed by atoms with E-state index in [9.17, 15) is 4.79 Å². The summed E-state index contributed by atoms with van der Waals surface area (Å²) < 4.78 is 22.5. The SMILES string of the molecule is COc1cc(C(=O)N(Cc2ccco2)c2nc3c(C)ccc(Cl)c3s2)cc(OC)c1OC. The molecule has 2 aromatic carbocycles. The standard InChI is InChI=1S/C23H21ClN2O5S/c1-13-7-8-16(24)21-19(13)25-23(32-21)26(12-15-6-5-9-31-15)22(27)14-10-17(28-2)20(30-4)18(11-14)29-3/h5-11H,12H2,1-4H3. The minimum Gasteiger partial charge on any atom is -0.493 e. The van der Waals surface area contributed by atoms with Crippen LogP contribution in [0.25, 0.3) is 10.2 Å². The van der Waals surface area contributed by atoms with Crippen molar-refractivity contribution in [3.05, 3.63) is 64.6 Å². The van der Waals surface area contributed by atoms with Gasteiger partial charge >= 0.3 is 0 Å². The first-order valence-corrected chi connectivity index (χ1v) is 10.9. The number of thiazole rings is 1. The number of ether oxygens (including phenoxy) is 3. The van der Waals surface area contributed by atoms with Gasteiger partial charge in [0, 0.05) is 5.56 Å². The van der Waals surface area contributed by atoms with Crippen molar-refractivity contribution in [3.63, 3.8) is 0 Å². The molecule has 0 aliphatic carbocycles. The highest BCUT2D eigenvalue weighted by Gasteiger charge is 2.26. The summed E-state index contributed by atoms with van der Waals surface area (Å²) in [5.41, 5.74) is 2.10. The lowest BCUT2D eigenvalue weighted by atomic mass is 10.1. The van der Waals surface area contributed by atoms with Crippen LogP contribution in [0.2, 0.25) is 5.02 Å². The molecule has 2 aromatic heterocycles. The first-order valence-electron chi connectivity index (χ1n) is 9.66. The van der Waals surface area contributed by atoms with Crippen molar-refractivity contribution in [1.82, 2.24) is 4.98 Å². The second-order valence-electron chi connectivity index (χ2n) is 6.92. The number of furan rings is 1. The van der Waals surface area contributed by atoms with Crippen molar-refractivity contribution in [1.29, 1.82) is 0 Å². The van der Waals surface area contributed by atoms with E-state index in [4.69, 9.17) is 35.2 Å². The van der Waals surface area contributed by atoms with Gasteiger partial charge < -0.3 is 18.6 Å². The van der Waals surface area contributed by atoms with Crippen molar-refractivity contribution in [2.75, 3.05) is 26.2 Å². The zero-order valence-corrected chi connectivity index (χ0v) is 19.5. The molecular weight excluding hydrogens is 452 g/mol. The van der Waals surface area contributed by atoms with Crippen LogP contribution < -0.4 is 19.1 Å². The quantitative estimate of drug-likeness (QED) is 0.342. The van der Waals surface area contributed by atoms with E-state index in [1.807, 2.05) is 19.1 Å². The van der Waals surface area contributed by atoms with Crippen LogP contribution in [0, 0.1) is 6.92 Å². The number of nitrogens with zero attached hydrogens (tertiary/aromatic N) is 2. The number of amides is 1. The van der Waals surface area contributed by atoms with E-state index < -0.39 is 0 Å². The zero-order valence-electron chi connectivity index (χ0n) is 18.0. The highest BCUT2D eigenvalue weighted by atomic mass is 35.5. The monoisotopic (exact) mass is 472 g/mol. The molecular formula is C23H21ClN2O5S. The number of hydrogen-bond donors (Lipinski definition) is 0. The van der Waals surface area contributed by atoms with Crippen molar-refractivity contribution in [3.8, 4) is 17.2 Å². The third-order valence-electron chi connectivity index (χ3n) is 4.97. The van der Waals surface area contributed by atoms with Crippen LogP contribution in [0.4, 0.5) is 5.13 Å². The molecule has 0 aliphatic heterocycles. The molecule has 0 radical (unpaired) electrons. The molecule has 0 fully saturated rings. The molecule has 2 heterocycles. The lowest BCUT2D eigenvalue weighted by molar-refractivity contribution is 0.0982. The van der Waals surface area contributed by atoms with Gasteiger partial charge in [0.15, 0.2) is 16.6 Å². The van der Waals surface area contributed by atoms with Gasteiger partial charge in [-0.3, -0.25) is 9.69 Å². The third kappa shape index (κ3) is 3.99. The minimum atomic E-state index is -0.298. The van der Waals surface area contributed by atoms with Crippen LogP contribution in [0.5, 0.6) is 17.2 Å². The Bertz CT molecular complexity index is 1210. The van der Waals surface area contributed by atoms with Crippen molar-refractivity contribution < 1.29 is 23.4 Å². The van der Waals surface area contributed by atoms with Crippen LogP contribution in [0.3, 0.4) is 0 Å². The molecule has 0 saturated heterocycles. The van der Waals surface area contributed by atoms with Gasteiger partial charge in [-0.15, -0.1) is 0 Å². The van der Waals surface area contributed by atoms with Crippen molar-refractivity contribution >= 4 is 44.2 Å². The number of methoxy groups -OCH3 is 3. The smallest absolute Gasteiger partial charge is 0.260 e. The molecule has 9 heteroatoms. The summed E-state index contributed by atoms with van der Waals surface area (Å²) in [6.45, 7) is 2.15. The maximum Gasteiger partial charge on any atom is 0.260 e. The van der Waals surface area contributed by atoms with Crippen LogP contribution >= 0.6 is 22.9 Å². The van der Waals surface area contributed by atoms with Gasteiger partial charge in [0.05, 0.1) is 49.4 Å². The first kappa shape index (κ1) is 22.0. The summed E-state index contributed by atoms with van der Waals surface area (Å²) in [4.78, 5) is 20.0. The Morgan fingerprint density at radius 2 is 1.84 bits per heavy atom. The molecule has 1 amide bonds. The molecule has 0 atom stereocenters. The Kier molecular flexibility index (Phi) is 6.25. The molecule has 0 bridgehead atoms. The molecule has 0 aliphatic rings. The van der Waals surface area contributed by atoms with E-state index in [2.05, 4.69) is 0 Å². The second kappa shape index (κ2) is 9.10. The van der Waals surface area contributed by atoms with Crippen LogP contribution in [0.15, 0.2) is 47.1 Å². The summed E-state index contributed by atoms with van der Waals surface area (Å²) in [5.74, 6) is 1.50. The fourth-order valence-electron chi connectivity index (χ4n) is 3.35. The molecule has 4 aromatic rings. The van der Waals surface area contributed by atoms with E-state index in [-0.39, 0.29) is 12.5 Å². The largest absolute Gasteiger partial charge is 0.493 e. The Hall–Kier alpha value is -3.23. The third-order valence-corrected chi connectivity index (χ3v) is 6.51. The van der Waals surface area contributed by atoms with E-state index >= 15 is 0 Å².